The van der Waals surface area contributed by atoms with Crippen molar-refractivity contribution in [2.45, 2.75) is 44.2 Å². The van der Waals surface area contributed by atoms with Crippen LogP contribution in [0.15, 0.2) is 12.3 Å². The van der Waals surface area contributed by atoms with Crippen LogP contribution in [0.1, 0.15) is 40.9 Å². The fraction of sp³-hybridized carbons (Fsp3) is 0.611. The molecule has 2 N–H and O–H groups in total. The quantitative estimate of drug-likeness (QED) is 0.817. The number of likely N-dealkylation sites (tertiary alicyclic amines) is 1. The van der Waals surface area contributed by atoms with Crippen LogP contribution in [0.3, 0.4) is 0 Å². The van der Waals surface area contributed by atoms with E-state index in [-0.39, 0.29) is 31.0 Å². The number of methoxy groups -OCH3 is 1. The molecule has 0 unspecified atom stereocenters. The smallest absolute Gasteiger partial charge is 0.253 e. The minimum Gasteiger partial charge on any atom is -0.389 e. The largest absolute Gasteiger partial charge is 0.389 e. The lowest BCUT2D eigenvalue weighted by Crippen LogP contribution is -2.55. The van der Waals surface area contributed by atoms with Gasteiger partial charge in [-0.15, -0.1) is 0 Å². The number of nitrogens with one attached hydrogen (secondary N) is 1. The number of carbonyl (C=O) groups excluding carboxylic acids is 2. The van der Waals surface area contributed by atoms with Gasteiger partial charge in [0.25, 0.3) is 5.91 Å². The third-order valence-corrected chi connectivity index (χ3v) is 4.95. The Morgan fingerprint density at radius 3 is 2.96 bits per heavy atom. The monoisotopic (exact) mass is 347 g/mol. The zero-order valence-corrected chi connectivity index (χ0v) is 14.5. The Morgan fingerprint density at radius 2 is 2.20 bits per heavy atom. The van der Waals surface area contributed by atoms with Crippen molar-refractivity contribution < 1.29 is 19.4 Å². The van der Waals surface area contributed by atoms with Gasteiger partial charge in [0.1, 0.15) is 6.61 Å². The number of ether oxygens (including phenoxy) is 1. The van der Waals surface area contributed by atoms with Crippen molar-refractivity contribution in [3.63, 3.8) is 0 Å². The molecule has 1 aliphatic carbocycles. The van der Waals surface area contributed by atoms with Crippen LogP contribution in [0.2, 0.25) is 0 Å². The van der Waals surface area contributed by atoms with E-state index in [0.717, 1.165) is 36.9 Å². The van der Waals surface area contributed by atoms with Gasteiger partial charge < -0.3 is 20.1 Å². The molecule has 1 saturated heterocycles. The molecule has 0 spiro atoms. The number of aryl methyl sites for hydroxylation is 2. The number of hydrogen-bond donors (Lipinski definition) is 2. The van der Waals surface area contributed by atoms with Crippen molar-refractivity contribution in [3.8, 4) is 0 Å². The van der Waals surface area contributed by atoms with Gasteiger partial charge >= 0.3 is 0 Å². The standard InChI is InChI=1S/C18H25N3O4/c1-25-11-17(23)21-7-6-15(16(22)10-21)20-18(24)13-8-12-4-2-3-5-14(12)19-9-13/h8-9,15-16,22H,2-7,10-11H2,1H3,(H,20,24)/t15-,16-/m1/s1. The molecule has 1 fully saturated rings. The molecule has 0 radical (unpaired) electrons. The van der Waals surface area contributed by atoms with Crippen molar-refractivity contribution >= 4 is 11.8 Å². The third-order valence-electron chi connectivity index (χ3n) is 4.95. The maximum Gasteiger partial charge on any atom is 0.253 e. The average Bonchev–Trinajstić information content (AvgIpc) is 2.63. The summed E-state index contributed by atoms with van der Waals surface area (Å²) < 4.78 is 4.84. The summed E-state index contributed by atoms with van der Waals surface area (Å²) in [6, 6.07) is 1.55. The molecule has 25 heavy (non-hydrogen) atoms. The molecule has 7 heteroatoms. The van der Waals surface area contributed by atoms with E-state index in [2.05, 4.69) is 10.3 Å². The molecule has 0 saturated carbocycles. The second-order valence-electron chi connectivity index (χ2n) is 6.75. The molecule has 1 aromatic rings. The summed E-state index contributed by atoms with van der Waals surface area (Å²) in [7, 11) is 1.47. The number of aromatic nitrogens is 1. The van der Waals surface area contributed by atoms with Crippen molar-refractivity contribution in [1.82, 2.24) is 15.2 Å². The van der Waals surface area contributed by atoms with E-state index in [4.69, 9.17) is 4.74 Å². The van der Waals surface area contributed by atoms with E-state index in [9.17, 15) is 14.7 Å². The van der Waals surface area contributed by atoms with Crippen LogP contribution in [-0.2, 0) is 22.4 Å². The van der Waals surface area contributed by atoms with Crippen LogP contribution in [0.25, 0.3) is 0 Å². The highest BCUT2D eigenvalue weighted by Crippen LogP contribution is 2.20. The average molecular weight is 347 g/mol. The van der Waals surface area contributed by atoms with Crippen molar-refractivity contribution in [2.75, 3.05) is 26.8 Å². The molecule has 0 bridgehead atoms. The summed E-state index contributed by atoms with van der Waals surface area (Å²) in [5, 5.41) is 13.2. The maximum absolute atomic E-state index is 12.5. The minimum atomic E-state index is -0.788. The first-order valence-electron chi connectivity index (χ1n) is 8.82. The number of nitrogens with zero attached hydrogens (tertiary/aromatic N) is 2. The zero-order chi connectivity index (χ0) is 17.8. The molecule has 3 rings (SSSR count). The number of fused-ring (bicyclic) bond motifs is 1. The molecule has 0 aromatic carbocycles. The normalized spacial score (nSPS) is 23.0. The van der Waals surface area contributed by atoms with Gasteiger partial charge in [0.15, 0.2) is 0 Å². The summed E-state index contributed by atoms with van der Waals surface area (Å²) in [4.78, 5) is 30.3. The van der Waals surface area contributed by atoms with Crippen LogP contribution >= 0.6 is 0 Å². The number of aliphatic hydroxyl groups excluding tert-OH is 1. The van der Waals surface area contributed by atoms with E-state index < -0.39 is 6.10 Å². The number of pyridine rings is 1. The molecule has 136 valence electrons. The van der Waals surface area contributed by atoms with E-state index in [1.165, 1.54) is 7.11 Å². The van der Waals surface area contributed by atoms with Crippen LogP contribution in [0.5, 0.6) is 0 Å². The summed E-state index contributed by atoms with van der Waals surface area (Å²) >= 11 is 0. The molecule has 2 amide bonds. The predicted octanol–water partition coefficient (Wildman–Crippen LogP) is 0.298. The predicted molar refractivity (Wildman–Crippen MR) is 91.2 cm³/mol. The molecule has 2 atom stereocenters. The number of piperidine rings is 1. The van der Waals surface area contributed by atoms with Crippen LogP contribution in [0, 0.1) is 0 Å². The SMILES string of the molecule is COCC(=O)N1CC[C@@H](NC(=O)c2cnc3c(c2)CCCC3)[C@H](O)C1. The van der Waals surface area contributed by atoms with E-state index in [1.807, 2.05) is 6.07 Å². The third kappa shape index (κ3) is 4.16. The summed E-state index contributed by atoms with van der Waals surface area (Å²) in [5.74, 6) is -0.369. The maximum atomic E-state index is 12.5. The highest BCUT2D eigenvalue weighted by atomic mass is 16.5. The lowest BCUT2D eigenvalue weighted by molar-refractivity contribution is -0.138. The molecule has 2 heterocycles. The number of β-amino-alcohol motifs (C(OH)–C–C–N with tert-alkyl or cyclic N) is 1. The Labute approximate surface area is 147 Å². The second kappa shape index (κ2) is 7.93. The molecule has 1 aliphatic heterocycles. The van der Waals surface area contributed by atoms with Gasteiger partial charge in [-0.1, -0.05) is 0 Å². The number of rotatable bonds is 4. The van der Waals surface area contributed by atoms with Gasteiger partial charge in [0, 0.05) is 32.1 Å². The van der Waals surface area contributed by atoms with Gasteiger partial charge in [-0.3, -0.25) is 14.6 Å². The topological polar surface area (TPSA) is 91.8 Å². The first-order valence-corrected chi connectivity index (χ1v) is 8.82. The Balaban J connectivity index is 1.59. The summed E-state index contributed by atoms with van der Waals surface area (Å²) in [6.45, 7) is 0.701. The lowest BCUT2D eigenvalue weighted by Gasteiger charge is -2.36. The molecule has 2 aliphatic rings. The number of hydrogen-bond acceptors (Lipinski definition) is 5. The molecule has 7 nitrogen and oxygen atoms in total. The number of aliphatic hydroxyl groups is 1. The number of amides is 2. The van der Waals surface area contributed by atoms with Gasteiger partial charge in [0.2, 0.25) is 5.91 Å². The lowest BCUT2D eigenvalue weighted by atomic mass is 9.95. The van der Waals surface area contributed by atoms with Crippen molar-refractivity contribution in [2.24, 2.45) is 0 Å². The zero-order valence-electron chi connectivity index (χ0n) is 14.5. The Morgan fingerprint density at radius 1 is 1.40 bits per heavy atom. The highest BCUT2D eigenvalue weighted by molar-refractivity contribution is 5.94. The van der Waals surface area contributed by atoms with E-state index in [0.29, 0.717) is 18.5 Å². The van der Waals surface area contributed by atoms with Gasteiger partial charge in [-0.2, -0.15) is 0 Å². The first kappa shape index (κ1) is 17.8. The van der Waals surface area contributed by atoms with Crippen molar-refractivity contribution in [3.05, 3.63) is 29.1 Å². The van der Waals surface area contributed by atoms with E-state index in [1.54, 1.807) is 11.1 Å². The Kier molecular flexibility index (Phi) is 5.65. The minimum absolute atomic E-state index is 0.00450. The van der Waals surface area contributed by atoms with Crippen LogP contribution in [0.4, 0.5) is 0 Å². The Hall–Kier alpha value is -1.99. The van der Waals surface area contributed by atoms with Crippen LogP contribution < -0.4 is 5.32 Å². The fourth-order valence-electron chi connectivity index (χ4n) is 3.51. The number of carbonyl (C=O) groups is 2. The van der Waals surface area contributed by atoms with Gasteiger partial charge in [-0.05, 0) is 43.7 Å². The van der Waals surface area contributed by atoms with Crippen molar-refractivity contribution in [1.29, 1.82) is 0 Å². The van der Waals surface area contributed by atoms with Gasteiger partial charge in [-0.25, -0.2) is 0 Å². The summed E-state index contributed by atoms with van der Waals surface area (Å²) in [6.07, 6.45) is 5.56. The molecular weight excluding hydrogens is 322 g/mol. The second-order valence-corrected chi connectivity index (χ2v) is 6.75. The highest BCUT2D eigenvalue weighted by Gasteiger charge is 2.31. The fourth-order valence-corrected chi connectivity index (χ4v) is 3.51. The van der Waals surface area contributed by atoms with Crippen LogP contribution in [-0.4, -0.2) is 65.8 Å². The van der Waals surface area contributed by atoms with Gasteiger partial charge in [0.05, 0.1) is 17.7 Å². The molecular formula is C18H25N3O4. The Bertz CT molecular complexity index is 649. The summed E-state index contributed by atoms with van der Waals surface area (Å²) in [5.41, 5.74) is 2.78. The van der Waals surface area contributed by atoms with E-state index >= 15 is 0 Å². The first-order chi connectivity index (χ1) is 12.1. The molecule has 1 aromatic heterocycles.